The minimum absolute atomic E-state index is 0.00759. The number of fused-ring (bicyclic) bond motifs is 3. The third-order valence-electron chi connectivity index (χ3n) is 10.1. The van der Waals surface area contributed by atoms with Crippen LogP contribution in [0.2, 0.25) is 0 Å². The van der Waals surface area contributed by atoms with Gasteiger partial charge in [-0.05, 0) is 98.5 Å². The minimum atomic E-state index is -1.07. The average Bonchev–Trinajstić information content (AvgIpc) is 3.02. The molecule has 5 rings (SSSR count). The summed E-state index contributed by atoms with van der Waals surface area (Å²) in [5.41, 5.74) is 1.54. The number of ether oxygens (including phenoxy) is 1. The second-order valence-electron chi connectivity index (χ2n) is 11.6. The van der Waals surface area contributed by atoms with Gasteiger partial charge in [0, 0.05) is 6.08 Å². The predicted molar refractivity (Wildman–Crippen MR) is 128 cm³/mol. The Bertz CT molecular complexity index is 996. The van der Waals surface area contributed by atoms with Crippen molar-refractivity contribution in [1.29, 1.82) is 0 Å². The number of esters is 1. The first-order valence-corrected chi connectivity index (χ1v) is 12.5. The smallest absolute Gasteiger partial charge is 0.331 e. The largest absolute Gasteiger partial charge is 0.481 e. The first-order valence-electron chi connectivity index (χ1n) is 12.5. The standard InChI is InChI=1S/C29H36O4/c1-19-17-29-16-13-22-27(2,23(29)11-10-21(19)18-29)15-14-24(28(22,3)26(31)32)33-25(30)12-9-20-7-5-4-6-8-20/h4-9,12,21-24H,1,10-11,13-18H2,2-3H3,(H,31,32)/b12-9+/t21-,22+,23+,24-,27-,28+,29-/m1/s1. The van der Waals surface area contributed by atoms with Gasteiger partial charge in [0.25, 0.3) is 0 Å². The molecule has 0 aromatic heterocycles. The Kier molecular flexibility index (Phi) is 5.34. The lowest BCUT2D eigenvalue weighted by Gasteiger charge is -2.64. The quantitative estimate of drug-likeness (QED) is 0.335. The molecular formula is C29H36O4. The second kappa shape index (κ2) is 7.85. The number of benzene rings is 1. The molecule has 1 spiro atoms. The van der Waals surface area contributed by atoms with E-state index in [1.165, 1.54) is 30.9 Å². The summed E-state index contributed by atoms with van der Waals surface area (Å²) in [6, 6.07) is 9.59. The molecule has 0 aliphatic heterocycles. The maximum Gasteiger partial charge on any atom is 0.331 e. The van der Waals surface area contributed by atoms with E-state index in [0.717, 1.165) is 31.2 Å². The molecule has 2 bridgehead atoms. The number of hydrogen-bond donors (Lipinski definition) is 1. The molecule has 4 nitrogen and oxygen atoms in total. The first kappa shape index (κ1) is 22.4. The molecular weight excluding hydrogens is 412 g/mol. The van der Waals surface area contributed by atoms with Crippen LogP contribution in [-0.4, -0.2) is 23.1 Å². The Morgan fingerprint density at radius 1 is 1.06 bits per heavy atom. The van der Waals surface area contributed by atoms with E-state index in [1.807, 2.05) is 37.3 Å². The molecule has 0 unspecified atom stereocenters. The van der Waals surface area contributed by atoms with E-state index in [1.54, 1.807) is 6.08 Å². The van der Waals surface area contributed by atoms with Crippen LogP contribution in [0.4, 0.5) is 0 Å². The molecule has 4 aliphatic rings. The van der Waals surface area contributed by atoms with E-state index in [0.29, 0.717) is 23.7 Å². The van der Waals surface area contributed by atoms with Gasteiger partial charge in [0.1, 0.15) is 11.5 Å². The highest BCUT2D eigenvalue weighted by Gasteiger charge is 2.67. The molecule has 4 heteroatoms. The van der Waals surface area contributed by atoms with E-state index in [9.17, 15) is 14.7 Å². The van der Waals surface area contributed by atoms with Gasteiger partial charge >= 0.3 is 11.9 Å². The summed E-state index contributed by atoms with van der Waals surface area (Å²) in [5.74, 6) is -0.0785. The zero-order valence-electron chi connectivity index (χ0n) is 19.9. The van der Waals surface area contributed by atoms with Gasteiger partial charge in [-0.25, -0.2) is 4.79 Å². The van der Waals surface area contributed by atoms with Gasteiger partial charge in [0.15, 0.2) is 0 Å². The highest BCUT2D eigenvalue weighted by atomic mass is 16.5. The number of carbonyl (C=O) groups is 2. The Balaban J connectivity index is 1.39. The maximum atomic E-state index is 12.8. The van der Waals surface area contributed by atoms with Crippen LogP contribution >= 0.6 is 0 Å². The molecule has 0 heterocycles. The Morgan fingerprint density at radius 2 is 1.82 bits per heavy atom. The third kappa shape index (κ3) is 3.40. The summed E-state index contributed by atoms with van der Waals surface area (Å²) in [4.78, 5) is 25.5. The molecule has 4 saturated carbocycles. The van der Waals surface area contributed by atoms with E-state index < -0.39 is 23.5 Å². The Morgan fingerprint density at radius 3 is 2.55 bits per heavy atom. The molecule has 1 aromatic carbocycles. The van der Waals surface area contributed by atoms with Gasteiger partial charge in [0.05, 0.1) is 0 Å². The van der Waals surface area contributed by atoms with Gasteiger partial charge < -0.3 is 9.84 Å². The third-order valence-corrected chi connectivity index (χ3v) is 10.1. The Hall–Kier alpha value is -2.36. The molecule has 0 radical (unpaired) electrons. The molecule has 33 heavy (non-hydrogen) atoms. The molecule has 1 N–H and O–H groups in total. The van der Waals surface area contributed by atoms with Crippen molar-refractivity contribution in [2.75, 3.05) is 0 Å². The summed E-state index contributed by atoms with van der Waals surface area (Å²) in [7, 11) is 0. The van der Waals surface area contributed by atoms with Crippen molar-refractivity contribution in [1.82, 2.24) is 0 Å². The van der Waals surface area contributed by atoms with Gasteiger partial charge in [-0.3, -0.25) is 4.79 Å². The van der Waals surface area contributed by atoms with Gasteiger partial charge in [-0.2, -0.15) is 0 Å². The Labute approximate surface area is 197 Å². The second-order valence-corrected chi connectivity index (χ2v) is 11.6. The lowest BCUT2D eigenvalue weighted by atomic mass is 9.40. The zero-order valence-corrected chi connectivity index (χ0v) is 19.9. The van der Waals surface area contributed by atoms with Crippen molar-refractivity contribution >= 4 is 18.0 Å². The van der Waals surface area contributed by atoms with E-state index in [-0.39, 0.29) is 11.3 Å². The topological polar surface area (TPSA) is 63.6 Å². The predicted octanol–water partition coefficient (Wildman–Crippen LogP) is 6.28. The summed E-state index contributed by atoms with van der Waals surface area (Å²) in [5, 5.41) is 10.5. The average molecular weight is 449 g/mol. The van der Waals surface area contributed by atoms with Crippen LogP contribution in [-0.2, 0) is 14.3 Å². The van der Waals surface area contributed by atoms with Crippen LogP contribution in [0.15, 0.2) is 48.6 Å². The van der Waals surface area contributed by atoms with Gasteiger partial charge in [0.2, 0.25) is 0 Å². The number of hydrogen-bond acceptors (Lipinski definition) is 3. The number of carbonyl (C=O) groups excluding carboxylic acids is 1. The van der Waals surface area contributed by atoms with Crippen molar-refractivity contribution in [2.45, 2.75) is 71.3 Å². The molecule has 7 atom stereocenters. The van der Waals surface area contributed by atoms with Crippen LogP contribution in [0.3, 0.4) is 0 Å². The highest BCUT2D eigenvalue weighted by molar-refractivity contribution is 5.87. The van der Waals surface area contributed by atoms with E-state index >= 15 is 0 Å². The van der Waals surface area contributed by atoms with Crippen molar-refractivity contribution in [3.05, 3.63) is 54.1 Å². The normalized spacial score (nSPS) is 41.9. The number of aliphatic carboxylic acids is 1. The minimum Gasteiger partial charge on any atom is -0.481 e. The van der Waals surface area contributed by atoms with Crippen molar-refractivity contribution in [2.24, 2.45) is 34.0 Å². The lowest BCUT2D eigenvalue weighted by Crippen LogP contribution is -2.63. The van der Waals surface area contributed by atoms with Crippen molar-refractivity contribution < 1.29 is 19.4 Å². The fourth-order valence-electron chi connectivity index (χ4n) is 8.62. The zero-order chi connectivity index (χ0) is 23.4. The van der Waals surface area contributed by atoms with Crippen LogP contribution in [0.1, 0.15) is 70.8 Å². The molecule has 4 aliphatic carbocycles. The summed E-state index contributed by atoms with van der Waals surface area (Å²) >= 11 is 0. The van der Waals surface area contributed by atoms with Crippen molar-refractivity contribution in [3.63, 3.8) is 0 Å². The number of carboxylic acids is 1. The number of allylic oxidation sites excluding steroid dienone is 1. The van der Waals surface area contributed by atoms with Crippen LogP contribution < -0.4 is 0 Å². The fraction of sp³-hybridized carbons (Fsp3) is 0.586. The van der Waals surface area contributed by atoms with Gasteiger partial charge in [-0.1, -0.05) is 49.4 Å². The number of rotatable bonds is 4. The van der Waals surface area contributed by atoms with Gasteiger partial charge in [-0.15, -0.1) is 0 Å². The summed E-state index contributed by atoms with van der Waals surface area (Å²) in [6.07, 6.45) is 10.8. The van der Waals surface area contributed by atoms with E-state index in [4.69, 9.17) is 4.74 Å². The molecule has 1 aromatic rings. The van der Waals surface area contributed by atoms with Crippen LogP contribution in [0.25, 0.3) is 6.08 Å². The fourth-order valence-corrected chi connectivity index (χ4v) is 8.62. The lowest BCUT2D eigenvalue weighted by molar-refractivity contribution is -0.211. The maximum absolute atomic E-state index is 12.8. The van der Waals surface area contributed by atoms with Crippen LogP contribution in [0, 0.1) is 34.0 Å². The van der Waals surface area contributed by atoms with Crippen molar-refractivity contribution in [3.8, 4) is 0 Å². The molecule has 0 amide bonds. The molecule has 4 fully saturated rings. The summed E-state index contributed by atoms with van der Waals surface area (Å²) in [6.45, 7) is 8.58. The highest BCUT2D eigenvalue weighted by Crippen LogP contribution is 2.72. The molecule has 0 saturated heterocycles. The SMILES string of the molecule is C=C1C[C@@]23CC[C@H]4[C@@](C)(CC[C@@H](OC(=O)/C=C/c5ccccc5)[C@@]4(C)C(=O)O)[C@@H]2CC[C@@H]1C3. The number of carboxylic acid groups (broad SMARTS) is 1. The monoisotopic (exact) mass is 448 g/mol. The van der Waals surface area contributed by atoms with Crippen LogP contribution in [0.5, 0.6) is 0 Å². The first-order chi connectivity index (χ1) is 15.7. The summed E-state index contributed by atoms with van der Waals surface area (Å²) < 4.78 is 5.88. The van der Waals surface area contributed by atoms with E-state index in [2.05, 4.69) is 13.5 Å². The molecule has 176 valence electrons.